The number of imidazole rings is 1. The lowest BCUT2D eigenvalue weighted by Crippen LogP contribution is -2.16. The molecule has 2 aromatic heterocycles. The summed E-state index contributed by atoms with van der Waals surface area (Å²) in [4.78, 5) is 9.07. The molecular formula is C29H21F6N3O3S. The van der Waals surface area contributed by atoms with Gasteiger partial charge in [-0.25, -0.2) is 9.97 Å². The van der Waals surface area contributed by atoms with E-state index in [4.69, 9.17) is 8.60 Å². The summed E-state index contributed by atoms with van der Waals surface area (Å²) in [7, 11) is 1.54. The van der Waals surface area contributed by atoms with E-state index < -0.39 is 24.0 Å². The van der Waals surface area contributed by atoms with Crippen LogP contribution in [0.2, 0.25) is 0 Å². The van der Waals surface area contributed by atoms with Crippen molar-refractivity contribution in [2.24, 2.45) is 0 Å². The molecule has 0 N–H and O–H groups in total. The molecule has 0 aliphatic carbocycles. The molecule has 5 rings (SSSR count). The van der Waals surface area contributed by atoms with Crippen LogP contribution in [0.25, 0.3) is 39.4 Å². The van der Waals surface area contributed by atoms with Crippen LogP contribution < -0.4 is 4.74 Å². The molecule has 3 aromatic carbocycles. The Morgan fingerprint density at radius 3 is 2.17 bits per heavy atom. The van der Waals surface area contributed by atoms with Gasteiger partial charge in [0.15, 0.2) is 17.3 Å². The number of hydrogen-bond acceptors (Lipinski definition) is 6. The molecule has 0 aliphatic rings. The maximum absolute atomic E-state index is 13.5. The minimum absolute atomic E-state index is 0.0882. The Labute approximate surface area is 240 Å². The second kappa shape index (κ2) is 11.2. The van der Waals surface area contributed by atoms with Gasteiger partial charge in [0, 0.05) is 41.2 Å². The van der Waals surface area contributed by atoms with Crippen LogP contribution in [0.3, 0.4) is 0 Å². The predicted octanol–water partition coefficient (Wildman–Crippen LogP) is 9.05. The molecule has 5 aromatic rings. The topological polar surface area (TPSA) is 62.3 Å². The van der Waals surface area contributed by atoms with E-state index in [1.807, 2.05) is 24.3 Å². The van der Waals surface area contributed by atoms with E-state index >= 15 is 0 Å². The van der Waals surface area contributed by atoms with Crippen molar-refractivity contribution in [1.29, 1.82) is 0 Å². The molecule has 0 spiro atoms. The fourth-order valence-corrected chi connectivity index (χ4v) is 4.91. The first-order valence-electron chi connectivity index (χ1n) is 12.2. The van der Waals surface area contributed by atoms with Gasteiger partial charge in [-0.1, -0.05) is 18.2 Å². The second-order valence-corrected chi connectivity index (χ2v) is 10.0. The summed E-state index contributed by atoms with van der Waals surface area (Å²) in [5, 5.41) is 0. The van der Waals surface area contributed by atoms with Gasteiger partial charge in [-0.05, 0) is 66.6 Å². The van der Waals surface area contributed by atoms with Crippen molar-refractivity contribution in [3.05, 3.63) is 90.3 Å². The van der Waals surface area contributed by atoms with Crippen LogP contribution in [0.15, 0.2) is 82.2 Å². The number of aryl methyl sites for hydroxylation is 2. The average molecular weight is 606 g/mol. The lowest BCUT2D eigenvalue weighted by molar-refractivity contribution is -0.274. The third-order valence-electron chi connectivity index (χ3n) is 6.12. The highest BCUT2D eigenvalue weighted by Gasteiger charge is 2.35. The Balaban J connectivity index is 1.69. The first-order chi connectivity index (χ1) is 19.8. The van der Waals surface area contributed by atoms with Crippen molar-refractivity contribution in [3.8, 4) is 45.1 Å². The monoisotopic (exact) mass is 605 g/mol. The summed E-state index contributed by atoms with van der Waals surface area (Å²) in [6, 6.07) is 17.7. The Kier molecular flexibility index (Phi) is 7.82. The van der Waals surface area contributed by atoms with Gasteiger partial charge in [0.2, 0.25) is 0 Å². The molecule has 2 heterocycles. The summed E-state index contributed by atoms with van der Waals surface area (Å²) in [6.45, 7) is 3.04. The standard InChI is InChI=1S/C29H21F6N3O3S/c1-16-36-25(28(30,31)32)15-38(16)24-12-9-20(19-5-4-6-22(13-19)42-39-3)14-23(24)26-27(40-17(2)37-26)18-7-10-21(11-8-18)41-29(33,34)35/h4-15H,1-3H3. The summed E-state index contributed by atoms with van der Waals surface area (Å²) < 4.78 is 94.9. The normalized spacial score (nSPS) is 12.1. The first-order valence-corrected chi connectivity index (χ1v) is 13.0. The number of nitrogens with zero attached hydrogens (tertiary/aromatic N) is 3. The highest BCUT2D eigenvalue weighted by Crippen LogP contribution is 2.40. The number of oxazole rings is 1. The van der Waals surface area contributed by atoms with Crippen LogP contribution >= 0.6 is 12.0 Å². The number of hydrogen-bond donors (Lipinski definition) is 0. The van der Waals surface area contributed by atoms with Gasteiger partial charge in [-0.3, -0.25) is 0 Å². The van der Waals surface area contributed by atoms with E-state index in [9.17, 15) is 26.3 Å². The fourth-order valence-electron chi connectivity index (χ4n) is 4.41. The zero-order chi connectivity index (χ0) is 30.2. The number of ether oxygens (including phenoxy) is 1. The van der Waals surface area contributed by atoms with Gasteiger partial charge >= 0.3 is 12.5 Å². The van der Waals surface area contributed by atoms with E-state index in [0.717, 1.165) is 34.4 Å². The SMILES string of the molecule is COSc1cccc(-c2ccc(-n3cc(C(F)(F)F)nc3C)c(-c3nc(C)oc3-c3ccc(OC(F)(F)F)cc3)c2)c1. The molecule has 0 radical (unpaired) electrons. The van der Waals surface area contributed by atoms with Gasteiger partial charge in [-0.2, -0.15) is 13.2 Å². The quantitative estimate of drug-likeness (QED) is 0.136. The third kappa shape index (κ3) is 6.31. The van der Waals surface area contributed by atoms with Crippen LogP contribution in [0, 0.1) is 13.8 Å². The van der Waals surface area contributed by atoms with Crippen LogP contribution in [0.5, 0.6) is 5.75 Å². The smallest absolute Gasteiger partial charge is 0.440 e. The Hall–Kier alpha value is -4.23. The van der Waals surface area contributed by atoms with Gasteiger partial charge in [0.25, 0.3) is 0 Å². The predicted molar refractivity (Wildman–Crippen MR) is 144 cm³/mol. The van der Waals surface area contributed by atoms with Crippen molar-refractivity contribution < 1.29 is 39.7 Å². The highest BCUT2D eigenvalue weighted by atomic mass is 32.2. The molecule has 42 heavy (non-hydrogen) atoms. The number of alkyl halides is 6. The Morgan fingerprint density at radius 2 is 1.52 bits per heavy atom. The molecule has 13 heteroatoms. The second-order valence-electron chi connectivity index (χ2n) is 9.03. The first kappa shape index (κ1) is 29.3. The molecule has 0 unspecified atom stereocenters. The molecule has 0 atom stereocenters. The molecule has 0 fully saturated rings. The minimum atomic E-state index is -4.86. The van der Waals surface area contributed by atoms with Crippen LogP contribution in [0.1, 0.15) is 17.4 Å². The van der Waals surface area contributed by atoms with E-state index in [2.05, 4.69) is 14.7 Å². The summed E-state index contributed by atoms with van der Waals surface area (Å²) in [6.07, 6.45) is -8.62. The molecule has 0 saturated heterocycles. The van der Waals surface area contributed by atoms with E-state index in [-0.39, 0.29) is 23.2 Å². The van der Waals surface area contributed by atoms with Gasteiger partial charge in [0.05, 0.1) is 12.8 Å². The molecule has 0 saturated carbocycles. The summed E-state index contributed by atoms with van der Waals surface area (Å²) in [5.41, 5.74) is 1.88. The van der Waals surface area contributed by atoms with Crippen molar-refractivity contribution in [3.63, 3.8) is 0 Å². The molecule has 0 amide bonds. The van der Waals surface area contributed by atoms with E-state index in [1.54, 1.807) is 32.2 Å². The van der Waals surface area contributed by atoms with E-state index in [1.165, 1.54) is 35.7 Å². The minimum Gasteiger partial charge on any atom is -0.440 e. The highest BCUT2D eigenvalue weighted by molar-refractivity contribution is 7.94. The number of rotatable bonds is 7. The van der Waals surface area contributed by atoms with Gasteiger partial charge < -0.3 is 17.9 Å². The molecule has 0 bridgehead atoms. The largest absolute Gasteiger partial charge is 0.573 e. The van der Waals surface area contributed by atoms with Crippen LogP contribution in [-0.2, 0) is 10.4 Å². The maximum Gasteiger partial charge on any atom is 0.573 e. The van der Waals surface area contributed by atoms with Crippen molar-refractivity contribution in [1.82, 2.24) is 14.5 Å². The van der Waals surface area contributed by atoms with Crippen LogP contribution in [-0.4, -0.2) is 28.0 Å². The third-order valence-corrected chi connectivity index (χ3v) is 6.73. The fraction of sp³-hybridized carbons (Fsp3) is 0.172. The number of benzene rings is 3. The Morgan fingerprint density at radius 1 is 0.833 bits per heavy atom. The molecule has 0 aliphatic heterocycles. The molecular weight excluding hydrogens is 584 g/mol. The van der Waals surface area contributed by atoms with Gasteiger partial charge in [0.1, 0.15) is 17.3 Å². The van der Waals surface area contributed by atoms with Gasteiger partial charge in [-0.15, -0.1) is 13.2 Å². The number of halogens is 6. The van der Waals surface area contributed by atoms with Crippen LogP contribution in [0.4, 0.5) is 26.3 Å². The zero-order valence-corrected chi connectivity index (χ0v) is 23.0. The lowest BCUT2D eigenvalue weighted by atomic mass is 9.98. The zero-order valence-electron chi connectivity index (χ0n) is 22.2. The lowest BCUT2D eigenvalue weighted by Gasteiger charge is -2.14. The van der Waals surface area contributed by atoms with Crippen molar-refractivity contribution in [2.75, 3.05) is 7.11 Å². The average Bonchev–Trinajstić information content (AvgIpc) is 3.51. The molecule has 6 nitrogen and oxygen atoms in total. The Bertz CT molecular complexity index is 1730. The summed E-state index contributed by atoms with van der Waals surface area (Å²) >= 11 is 1.17. The number of aromatic nitrogens is 3. The molecule has 218 valence electrons. The maximum atomic E-state index is 13.5. The van der Waals surface area contributed by atoms with Crippen molar-refractivity contribution in [2.45, 2.75) is 31.3 Å². The van der Waals surface area contributed by atoms with Crippen molar-refractivity contribution >= 4 is 12.0 Å². The van der Waals surface area contributed by atoms with E-state index in [0.29, 0.717) is 16.8 Å². The summed E-state index contributed by atoms with van der Waals surface area (Å²) in [5.74, 6) is 0.116.